The van der Waals surface area contributed by atoms with Crippen LogP contribution in [0.5, 0.6) is 5.88 Å². The van der Waals surface area contributed by atoms with Crippen LogP contribution in [0.25, 0.3) is 0 Å². The van der Waals surface area contributed by atoms with Crippen molar-refractivity contribution in [1.29, 1.82) is 0 Å². The third kappa shape index (κ3) is 3.52. The van der Waals surface area contributed by atoms with Gasteiger partial charge in [0.25, 0.3) is 6.43 Å². The molecule has 0 fully saturated rings. The van der Waals surface area contributed by atoms with Gasteiger partial charge in [0.2, 0.25) is 5.88 Å². The lowest BCUT2D eigenvalue weighted by atomic mass is 10.1. The average Bonchev–Trinajstić information content (AvgIpc) is 2.18. The van der Waals surface area contributed by atoms with E-state index in [0.717, 1.165) is 6.07 Å². The molecule has 0 saturated heterocycles. The molecule has 0 aliphatic rings. The Kier molecular flexibility index (Phi) is 3.87. The summed E-state index contributed by atoms with van der Waals surface area (Å²) < 4.78 is 64.4. The number of halogens is 5. The van der Waals surface area contributed by atoms with Crippen molar-refractivity contribution in [3.63, 3.8) is 0 Å². The lowest BCUT2D eigenvalue weighted by molar-refractivity contribution is -0.276. The van der Waals surface area contributed by atoms with E-state index in [-0.39, 0.29) is 17.7 Å². The Labute approximate surface area is 93.4 Å². The number of rotatable bonds is 3. The number of pyridine rings is 1. The van der Waals surface area contributed by atoms with Crippen molar-refractivity contribution in [3.8, 4) is 5.88 Å². The van der Waals surface area contributed by atoms with Crippen molar-refractivity contribution in [1.82, 2.24) is 4.98 Å². The Morgan fingerprint density at radius 3 is 2.41 bits per heavy atom. The summed E-state index contributed by atoms with van der Waals surface area (Å²) in [5.41, 5.74) is 4.58. The zero-order valence-electron chi connectivity index (χ0n) is 8.68. The standard InChI is InChI=1S/C9H9F5N2O/c1-4-5(3-15)2-6(7(10)11)16-8(4)17-9(12,13)14/h2,7H,3,15H2,1H3. The van der Waals surface area contributed by atoms with E-state index < -0.39 is 24.4 Å². The fourth-order valence-corrected chi connectivity index (χ4v) is 1.19. The molecule has 0 radical (unpaired) electrons. The molecule has 1 aromatic heterocycles. The summed E-state index contributed by atoms with van der Waals surface area (Å²) in [4.78, 5) is 3.12. The zero-order chi connectivity index (χ0) is 13.2. The van der Waals surface area contributed by atoms with Crippen molar-refractivity contribution in [2.75, 3.05) is 0 Å². The van der Waals surface area contributed by atoms with Gasteiger partial charge in [-0.3, -0.25) is 0 Å². The van der Waals surface area contributed by atoms with Gasteiger partial charge in [0, 0.05) is 12.1 Å². The maximum atomic E-state index is 12.4. The second-order valence-electron chi connectivity index (χ2n) is 3.19. The minimum Gasteiger partial charge on any atom is -0.388 e. The van der Waals surface area contributed by atoms with Crippen LogP contribution in [0.1, 0.15) is 23.2 Å². The molecule has 0 aromatic carbocycles. The zero-order valence-corrected chi connectivity index (χ0v) is 8.68. The predicted molar refractivity (Wildman–Crippen MR) is 48.5 cm³/mol. The molecule has 1 rings (SSSR count). The summed E-state index contributed by atoms with van der Waals surface area (Å²) in [6.07, 6.45) is -7.97. The molecule has 3 nitrogen and oxygen atoms in total. The number of aromatic nitrogens is 1. The molecule has 0 spiro atoms. The van der Waals surface area contributed by atoms with Crippen molar-refractivity contribution in [3.05, 3.63) is 22.9 Å². The second-order valence-corrected chi connectivity index (χ2v) is 3.19. The Morgan fingerprint density at radius 2 is 2.00 bits per heavy atom. The molecule has 8 heteroatoms. The molecule has 2 N–H and O–H groups in total. The summed E-state index contributed by atoms with van der Waals surface area (Å²) in [6, 6.07) is 0.962. The lowest BCUT2D eigenvalue weighted by Gasteiger charge is -2.14. The molecule has 0 aliphatic heterocycles. The van der Waals surface area contributed by atoms with Gasteiger partial charge in [0.15, 0.2) is 0 Å². The monoisotopic (exact) mass is 256 g/mol. The molecule has 0 aliphatic carbocycles. The van der Waals surface area contributed by atoms with Crippen LogP contribution < -0.4 is 10.5 Å². The van der Waals surface area contributed by atoms with Gasteiger partial charge in [-0.15, -0.1) is 13.2 Å². The molecule has 0 unspecified atom stereocenters. The minimum atomic E-state index is -4.98. The smallest absolute Gasteiger partial charge is 0.388 e. The van der Waals surface area contributed by atoms with Crippen molar-refractivity contribution < 1.29 is 26.7 Å². The number of alkyl halides is 5. The fourth-order valence-electron chi connectivity index (χ4n) is 1.19. The first-order chi connectivity index (χ1) is 7.74. The van der Waals surface area contributed by atoms with Crippen LogP contribution in [0.15, 0.2) is 6.07 Å². The topological polar surface area (TPSA) is 48.1 Å². The molecular formula is C9H9F5N2O. The Balaban J connectivity index is 3.23. The number of hydrogen-bond donors (Lipinski definition) is 1. The summed E-state index contributed by atoms with van der Waals surface area (Å²) in [7, 11) is 0. The first-order valence-corrected chi connectivity index (χ1v) is 4.49. The fraction of sp³-hybridized carbons (Fsp3) is 0.444. The van der Waals surface area contributed by atoms with Crippen LogP contribution in [0, 0.1) is 6.92 Å². The Bertz CT molecular complexity index is 405. The third-order valence-electron chi connectivity index (χ3n) is 2.01. The van der Waals surface area contributed by atoms with E-state index in [4.69, 9.17) is 5.73 Å². The average molecular weight is 256 g/mol. The normalized spacial score (nSPS) is 12.0. The van der Waals surface area contributed by atoms with Crippen LogP contribution in [0.3, 0.4) is 0 Å². The van der Waals surface area contributed by atoms with Crippen LogP contribution in [0.2, 0.25) is 0 Å². The quantitative estimate of drug-likeness (QED) is 0.846. The molecule has 1 aromatic rings. The van der Waals surface area contributed by atoms with Crippen LogP contribution in [-0.2, 0) is 6.54 Å². The first kappa shape index (κ1) is 13.6. The highest BCUT2D eigenvalue weighted by atomic mass is 19.4. The maximum absolute atomic E-state index is 12.4. The lowest BCUT2D eigenvalue weighted by Crippen LogP contribution is -2.20. The minimum absolute atomic E-state index is 0.00535. The van der Waals surface area contributed by atoms with Gasteiger partial charge in [0.1, 0.15) is 5.69 Å². The van der Waals surface area contributed by atoms with Gasteiger partial charge < -0.3 is 10.5 Å². The van der Waals surface area contributed by atoms with Crippen LogP contribution >= 0.6 is 0 Å². The highest BCUT2D eigenvalue weighted by Gasteiger charge is 2.33. The molecule has 0 atom stereocenters. The van der Waals surface area contributed by atoms with Crippen molar-refractivity contribution in [2.45, 2.75) is 26.3 Å². The van der Waals surface area contributed by atoms with Gasteiger partial charge in [-0.05, 0) is 18.6 Å². The van der Waals surface area contributed by atoms with Gasteiger partial charge in [-0.2, -0.15) is 0 Å². The largest absolute Gasteiger partial charge is 0.574 e. The van der Waals surface area contributed by atoms with E-state index >= 15 is 0 Å². The highest BCUT2D eigenvalue weighted by molar-refractivity contribution is 5.36. The maximum Gasteiger partial charge on any atom is 0.574 e. The van der Waals surface area contributed by atoms with Gasteiger partial charge in [-0.1, -0.05) is 0 Å². The van der Waals surface area contributed by atoms with E-state index in [1.807, 2.05) is 0 Å². The number of nitrogens with zero attached hydrogens (tertiary/aromatic N) is 1. The van der Waals surface area contributed by atoms with Crippen LogP contribution in [0.4, 0.5) is 22.0 Å². The highest BCUT2D eigenvalue weighted by Crippen LogP contribution is 2.29. The number of ether oxygens (including phenoxy) is 1. The van der Waals surface area contributed by atoms with Gasteiger partial charge in [-0.25, -0.2) is 13.8 Å². The van der Waals surface area contributed by atoms with E-state index in [2.05, 4.69) is 9.72 Å². The van der Waals surface area contributed by atoms with Crippen LogP contribution in [-0.4, -0.2) is 11.3 Å². The van der Waals surface area contributed by atoms with Crippen molar-refractivity contribution in [2.24, 2.45) is 5.73 Å². The van der Waals surface area contributed by atoms with E-state index in [9.17, 15) is 22.0 Å². The predicted octanol–water partition coefficient (Wildman–Crippen LogP) is 2.68. The molecular weight excluding hydrogens is 247 g/mol. The Morgan fingerprint density at radius 1 is 1.41 bits per heavy atom. The third-order valence-corrected chi connectivity index (χ3v) is 2.01. The van der Waals surface area contributed by atoms with Crippen molar-refractivity contribution >= 4 is 0 Å². The molecule has 1 heterocycles. The second kappa shape index (κ2) is 4.82. The molecule has 0 saturated carbocycles. The SMILES string of the molecule is Cc1c(CN)cc(C(F)F)nc1OC(F)(F)F. The summed E-state index contributed by atoms with van der Waals surface area (Å²) in [6.45, 7) is 1.09. The molecule has 0 bridgehead atoms. The first-order valence-electron chi connectivity index (χ1n) is 4.49. The molecule has 17 heavy (non-hydrogen) atoms. The Hall–Kier alpha value is -1.44. The molecule has 96 valence electrons. The summed E-state index contributed by atoms with van der Waals surface area (Å²) >= 11 is 0. The summed E-state index contributed by atoms with van der Waals surface area (Å²) in [5, 5.41) is 0. The summed E-state index contributed by atoms with van der Waals surface area (Å²) in [5.74, 6) is -0.893. The van der Waals surface area contributed by atoms with E-state index in [1.54, 1.807) is 0 Å². The van der Waals surface area contributed by atoms with E-state index in [0.29, 0.717) is 0 Å². The number of nitrogens with two attached hydrogens (primary N) is 1. The van der Waals surface area contributed by atoms with E-state index in [1.165, 1.54) is 6.92 Å². The molecule has 0 amide bonds. The number of hydrogen-bond acceptors (Lipinski definition) is 3. The van der Waals surface area contributed by atoms with Gasteiger partial charge in [0.05, 0.1) is 0 Å². The van der Waals surface area contributed by atoms with Gasteiger partial charge >= 0.3 is 6.36 Å².